The molecule has 2 heterocycles. The first kappa shape index (κ1) is 12.8. The van der Waals surface area contributed by atoms with Gasteiger partial charge in [-0.1, -0.05) is 0 Å². The van der Waals surface area contributed by atoms with Crippen molar-refractivity contribution in [3.05, 3.63) is 23.4 Å². The van der Waals surface area contributed by atoms with Crippen LogP contribution in [-0.4, -0.2) is 34.6 Å². The number of rotatable bonds is 2. The molecule has 0 radical (unpaired) electrons. The summed E-state index contributed by atoms with van der Waals surface area (Å²) in [5.74, 6) is 0.904. The molecule has 0 aromatic carbocycles. The number of piperidine rings is 1. The van der Waals surface area contributed by atoms with Crippen LogP contribution in [0.1, 0.15) is 31.0 Å². The molecule has 18 heavy (non-hydrogen) atoms. The van der Waals surface area contributed by atoms with Crippen LogP contribution in [0.3, 0.4) is 0 Å². The summed E-state index contributed by atoms with van der Waals surface area (Å²) in [4.78, 5) is 6.62. The zero-order valence-corrected chi connectivity index (χ0v) is 10.9. The Morgan fingerprint density at radius 2 is 2.06 bits per heavy atom. The first-order chi connectivity index (χ1) is 8.37. The summed E-state index contributed by atoms with van der Waals surface area (Å²) >= 11 is 0. The van der Waals surface area contributed by atoms with E-state index in [1.54, 1.807) is 0 Å². The average Bonchev–Trinajstić information content (AvgIpc) is 2.28. The maximum Gasteiger partial charge on any atom is 0.129 e. The Labute approximate surface area is 107 Å². The molecule has 1 aromatic rings. The molecule has 0 bridgehead atoms. The van der Waals surface area contributed by atoms with Gasteiger partial charge in [0.1, 0.15) is 11.7 Å². The molecule has 5 heteroatoms. The number of hydrogen-bond acceptors (Lipinski definition) is 4. The van der Waals surface area contributed by atoms with Gasteiger partial charge in [-0.2, -0.15) is 0 Å². The van der Waals surface area contributed by atoms with Gasteiger partial charge in [0.05, 0.1) is 5.60 Å². The second-order valence-electron chi connectivity index (χ2n) is 5.25. The number of hydrogen-bond donors (Lipinski definition) is 3. The first-order valence-corrected chi connectivity index (χ1v) is 6.18. The van der Waals surface area contributed by atoms with Gasteiger partial charge in [0.25, 0.3) is 0 Å². The van der Waals surface area contributed by atoms with Crippen LogP contribution in [0, 0.1) is 12.3 Å². The summed E-state index contributed by atoms with van der Waals surface area (Å²) < 4.78 is 0. The Morgan fingerprint density at radius 3 is 2.61 bits per heavy atom. The molecule has 1 aromatic heterocycles. The fourth-order valence-corrected chi connectivity index (χ4v) is 2.19. The van der Waals surface area contributed by atoms with Gasteiger partial charge in [0, 0.05) is 24.3 Å². The molecule has 1 aliphatic rings. The van der Waals surface area contributed by atoms with Crippen LogP contribution in [0.4, 0.5) is 5.82 Å². The lowest BCUT2D eigenvalue weighted by molar-refractivity contribution is 0.0350. The van der Waals surface area contributed by atoms with E-state index in [9.17, 15) is 5.11 Å². The van der Waals surface area contributed by atoms with E-state index < -0.39 is 5.60 Å². The molecule has 0 atom stereocenters. The average molecular weight is 248 g/mol. The predicted octanol–water partition coefficient (Wildman–Crippen LogP) is 1.03. The van der Waals surface area contributed by atoms with Gasteiger partial charge in [-0.3, -0.25) is 5.41 Å². The lowest BCUT2D eigenvalue weighted by Crippen LogP contribution is -2.42. The summed E-state index contributed by atoms with van der Waals surface area (Å²) in [6.45, 7) is 5.33. The van der Waals surface area contributed by atoms with E-state index in [1.807, 2.05) is 26.0 Å². The van der Waals surface area contributed by atoms with Crippen LogP contribution in [-0.2, 0) is 0 Å². The summed E-state index contributed by atoms with van der Waals surface area (Å²) in [7, 11) is 0. The van der Waals surface area contributed by atoms with Crippen molar-refractivity contribution in [3.8, 4) is 0 Å². The molecule has 1 fully saturated rings. The van der Waals surface area contributed by atoms with Crippen LogP contribution in [0.5, 0.6) is 0 Å². The first-order valence-electron chi connectivity index (χ1n) is 6.18. The number of nitrogen functional groups attached to an aromatic ring is 1. The van der Waals surface area contributed by atoms with Gasteiger partial charge in [-0.05, 0) is 38.8 Å². The smallest absolute Gasteiger partial charge is 0.129 e. The molecular formula is C13H20N4O. The van der Waals surface area contributed by atoms with Crippen molar-refractivity contribution in [2.45, 2.75) is 32.3 Å². The Bertz CT molecular complexity index is 460. The molecule has 0 unspecified atom stereocenters. The van der Waals surface area contributed by atoms with Crippen molar-refractivity contribution in [3.63, 3.8) is 0 Å². The Morgan fingerprint density at radius 1 is 1.44 bits per heavy atom. The fourth-order valence-electron chi connectivity index (χ4n) is 2.19. The highest BCUT2D eigenvalue weighted by Crippen LogP contribution is 2.25. The third-order valence-corrected chi connectivity index (χ3v) is 3.42. The van der Waals surface area contributed by atoms with E-state index in [-0.39, 0.29) is 5.84 Å². The van der Waals surface area contributed by atoms with Crippen molar-refractivity contribution >= 4 is 11.7 Å². The van der Waals surface area contributed by atoms with E-state index in [4.69, 9.17) is 11.1 Å². The lowest BCUT2D eigenvalue weighted by atomic mass is 9.94. The van der Waals surface area contributed by atoms with E-state index in [0.29, 0.717) is 5.56 Å². The Kier molecular flexibility index (Phi) is 3.26. The zero-order valence-electron chi connectivity index (χ0n) is 10.9. The molecule has 2 rings (SSSR count). The number of amidine groups is 1. The highest BCUT2D eigenvalue weighted by molar-refractivity contribution is 5.95. The second kappa shape index (κ2) is 4.57. The minimum absolute atomic E-state index is 0.0609. The van der Waals surface area contributed by atoms with Crippen molar-refractivity contribution in [2.75, 3.05) is 18.0 Å². The topological polar surface area (TPSA) is 86.2 Å². The molecule has 0 saturated carbocycles. The van der Waals surface area contributed by atoms with Crippen LogP contribution in [0.25, 0.3) is 0 Å². The van der Waals surface area contributed by atoms with Crippen molar-refractivity contribution in [2.24, 2.45) is 5.73 Å². The number of nitrogens with zero attached hydrogens (tertiary/aromatic N) is 2. The number of nitrogens with one attached hydrogen (secondary N) is 1. The second-order valence-corrected chi connectivity index (χ2v) is 5.25. The van der Waals surface area contributed by atoms with E-state index >= 15 is 0 Å². The number of aliphatic hydroxyl groups is 1. The van der Waals surface area contributed by atoms with Gasteiger partial charge in [-0.15, -0.1) is 0 Å². The van der Waals surface area contributed by atoms with Crippen LogP contribution >= 0.6 is 0 Å². The summed E-state index contributed by atoms with van der Waals surface area (Å²) in [5, 5.41) is 17.4. The number of aryl methyl sites for hydroxylation is 1. The number of nitrogens with two attached hydrogens (primary N) is 1. The highest BCUT2D eigenvalue weighted by atomic mass is 16.3. The third kappa shape index (κ3) is 2.79. The Hall–Kier alpha value is -1.62. The number of anilines is 1. The molecule has 0 amide bonds. The Balaban J connectivity index is 2.21. The monoisotopic (exact) mass is 248 g/mol. The van der Waals surface area contributed by atoms with E-state index in [0.717, 1.165) is 37.4 Å². The van der Waals surface area contributed by atoms with Crippen LogP contribution in [0.2, 0.25) is 0 Å². The lowest BCUT2D eigenvalue weighted by Gasteiger charge is -2.36. The fraction of sp³-hybridized carbons (Fsp3) is 0.538. The standard InChI is InChI=1S/C13H20N4O/c1-9-7-10(12(14)15)8-11(16-9)17-5-3-13(2,18)4-6-17/h7-8,18H,3-6H2,1-2H3,(H3,14,15). The quantitative estimate of drug-likeness (QED) is 0.539. The van der Waals surface area contributed by atoms with Crippen molar-refractivity contribution in [1.82, 2.24) is 4.98 Å². The van der Waals surface area contributed by atoms with Gasteiger partial charge < -0.3 is 15.7 Å². The molecule has 0 spiro atoms. The SMILES string of the molecule is Cc1cc(C(=N)N)cc(N2CCC(C)(O)CC2)n1. The molecular weight excluding hydrogens is 228 g/mol. The molecule has 1 aliphatic heterocycles. The summed E-state index contributed by atoms with van der Waals surface area (Å²) in [6.07, 6.45) is 1.47. The highest BCUT2D eigenvalue weighted by Gasteiger charge is 2.28. The van der Waals surface area contributed by atoms with Gasteiger partial charge in [0.2, 0.25) is 0 Å². The molecule has 1 saturated heterocycles. The maximum atomic E-state index is 9.94. The van der Waals surface area contributed by atoms with Gasteiger partial charge in [0.15, 0.2) is 0 Å². The maximum absolute atomic E-state index is 9.94. The zero-order chi connectivity index (χ0) is 13.3. The predicted molar refractivity (Wildman–Crippen MR) is 72.1 cm³/mol. The van der Waals surface area contributed by atoms with Gasteiger partial charge in [-0.25, -0.2) is 4.98 Å². The minimum Gasteiger partial charge on any atom is -0.390 e. The minimum atomic E-state index is -0.566. The number of aromatic nitrogens is 1. The summed E-state index contributed by atoms with van der Waals surface area (Å²) in [5.41, 5.74) is 6.52. The normalized spacial score (nSPS) is 18.7. The largest absolute Gasteiger partial charge is 0.390 e. The van der Waals surface area contributed by atoms with Gasteiger partial charge >= 0.3 is 0 Å². The number of pyridine rings is 1. The van der Waals surface area contributed by atoms with Crippen molar-refractivity contribution < 1.29 is 5.11 Å². The molecule has 5 nitrogen and oxygen atoms in total. The summed E-state index contributed by atoms with van der Waals surface area (Å²) in [6, 6.07) is 3.65. The molecule has 4 N–H and O–H groups in total. The van der Waals surface area contributed by atoms with Crippen molar-refractivity contribution in [1.29, 1.82) is 5.41 Å². The van der Waals surface area contributed by atoms with E-state index in [2.05, 4.69) is 9.88 Å². The molecule has 98 valence electrons. The third-order valence-electron chi connectivity index (χ3n) is 3.42. The molecule has 0 aliphatic carbocycles. The van der Waals surface area contributed by atoms with E-state index in [1.165, 1.54) is 0 Å². The van der Waals surface area contributed by atoms with Crippen LogP contribution in [0.15, 0.2) is 12.1 Å². The van der Waals surface area contributed by atoms with Crippen LogP contribution < -0.4 is 10.6 Å².